The summed E-state index contributed by atoms with van der Waals surface area (Å²) < 4.78 is 16.4. The number of anilines is 1. The molecule has 0 saturated carbocycles. The SMILES string of the molecule is CCOC(=O)c1ccc(N2CCN(CC(O)c3ccc4c(c3)OCCCO4)CC2)nc1. The van der Waals surface area contributed by atoms with Crippen LogP contribution in [0.15, 0.2) is 36.5 Å². The summed E-state index contributed by atoms with van der Waals surface area (Å²) in [6, 6.07) is 9.28. The molecule has 1 unspecified atom stereocenters. The van der Waals surface area contributed by atoms with Gasteiger partial charge in [-0.05, 0) is 36.8 Å². The van der Waals surface area contributed by atoms with Gasteiger partial charge in [0.05, 0.1) is 31.5 Å². The molecule has 1 atom stereocenters. The fourth-order valence-corrected chi connectivity index (χ4v) is 3.80. The van der Waals surface area contributed by atoms with Gasteiger partial charge < -0.3 is 24.2 Å². The number of carbonyl (C=O) groups excluding carboxylic acids is 1. The number of carbonyl (C=O) groups is 1. The van der Waals surface area contributed by atoms with Crippen molar-refractivity contribution in [3.8, 4) is 11.5 Å². The van der Waals surface area contributed by atoms with Crippen LogP contribution in [0.25, 0.3) is 0 Å². The smallest absolute Gasteiger partial charge is 0.339 e. The van der Waals surface area contributed by atoms with Crippen LogP contribution in [-0.4, -0.2) is 73.5 Å². The zero-order valence-corrected chi connectivity index (χ0v) is 17.8. The highest BCUT2D eigenvalue weighted by Crippen LogP contribution is 2.32. The first-order chi connectivity index (χ1) is 15.1. The van der Waals surface area contributed by atoms with Crippen LogP contribution in [-0.2, 0) is 4.74 Å². The number of piperazine rings is 1. The highest BCUT2D eigenvalue weighted by molar-refractivity contribution is 5.89. The van der Waals surface area contributed by atoms with E-state index in [4.69, 9.17) is 14.2 Å². The Balaban J connectivity index is 1.30. The first-order valence-electron chi connectivity index (χ1n) is 10.8. The van der Waals surface area contributed by atoms with E-state index in [1.807, 2.05) is 24.3 Å². The maximum atomic E-state index is 11.8. The number of rotatable bonds is 6. The molecule has 0 bridgehead atoms. The number of β-amino-alcohol motifs (C(OH)–C–C–N with tert-alkyl or cyclic N) is 1. The fourth-order valence-electron chi connectivity index (χ4n) is 3.80. The third-order valence-corrected chi connectivity index (χ3v) is 5.54. The summed E-state index contributed by atoms with van der Waals surface area (Å²) >= 11 is 0. The summed E-state index contributed by atoms with van der Waals surface area (Å²) in [4.78, 5) is 20.6. The van der Waals surface area contributed by atoms with Gasteiger partial charge in [-0.2, -0.15) is 0 Å². The minimum atomic E-state index is -0.592. The summed E-state index contributed by atoms with van der Waals surface area (Å²) in [7, 11) is 0. The van der Waals surface area contributed by atoms with Crippen molar-refractivity contribution in [3.05, 3.63) is 47.7 Å². The number of pyridine rings is 1. The van der Waals surface area contributed by atoms with Gasteiger partial charge >= 0.3 is 5.97 Å². The molecule has 1 fully saturated rings. The third kappa shape index (κ3) is 5.26. The van der Waals surface area contributed by atoms with Crippen molar-refractivity contribution in [1.82, 2.24) is 9.88 Å². The Hall–Kier alpha value is -2.84. The van der Waals surface area contributed by atoms with E-state index >= 15 is 0 Å². The molecule has 8 nitrogen and oxygen atoms in total. The van der Waals surface area contributed by atoms with Crippen LogP contribution in [0.3, 0.4) is 0 Å². The molecule has 1 aromatic heterocycles. The highest BCUT2D eigenvalue weighted by atomic mass is 16.5. The molecule has 3 heterocycles. The number of aliphatic hydroxyl groups is 1. The second-order valence-electron chi connectivity index (χ2n) is 7.69. The molecule has 0 spiro atoms. The number of aromatic nitrogens is 1. The van der Waals surface area contributed by atoms with Gasteiger partial charge in [0, 0.05) is 45.3 Å². The Labute approximate surface area is 182 Å². The van der Waals surface area contributed by atoms with E-state index in [9.17, 15) is 9.90 Å². The number of aliphatic hydroxyl groups excluding tert-OH is 1. The molecule has 4 rings (SSSR count). The van der Waals surface area contributed by atoms with Crippen LogP contribution in [0, 0.1) is 0 Å². The Morgan fingerprint density at radius 3 is 2.61 bits per heavy atom. The predicted molar refractivity (Wildman–Crippen MR) is 116 cm³/mol. The van der Waals surface area contributed by atoms with Crippen molar-refractivity contribution in [3.63, 3.8) is 0 Å². The van der Waals surface area contributed by atoms with Gasteiger partial charge in [0.15, 0.2) is 11.5 Å². The molecule has 1 N–H and O–H groups in total. The van der Waals surface area contributed by atoms with Gasteiger partial charge in [0.25, 0.3) is 0 Å². The van der Waals surface area contributed by atoms with Crippen molar-refractivity contribution in [2.45, 2.75) is 19.4 Å². The van der Waals surface area contributed by atoms with Crippen LogP contribution in [0.1, 0.15) is 35.4 Å². The van der Waals surface area contributed by atoms with E-state index in [2.05, 4.69) is 14.8 Å². The number of benzene rings is 1. The monoisotopic (exact) mass is 427 g/mol. The first kappa shape index (κ1) is 21.4. The second kappa shape index (κ2) is 9.98. The van der Waals surface area contributed by atoms with E-state index in [0.29, 0.717) is 37.7 Å². The van der Waals surface area contributed by atoms with Crippen molar-refractivity contribution >= 4 is 11.8 Å². The van der Waals surface area contributed by atoms with E-state index in [-0.39, 0.29) is 5.97 Å². The van der Waals surface area contributed by atoms with Crippen molar-refractivity contribution in [2.75, 3.05) is 57.4 Å². The Morgan fingerprint density at radius 2 is 1.90 bits per heavy atom. The topological polar surface area (TPSA) is 84.4 Å². The van der Waals surface area contributed by atoms with Crippen LogP contribution in [0.5, 0.6) is 11.5 Å². The number of hydrogen-bond acceptors (Lipinski definition) is 8. The molecule has 1 aromatic carbocycles. The van der Waals surface area contributed by atoms with Crippen LogP contribution >= 0.6 is 0 Å². The molecule has 166 valence electrons. The molecule has 0 amide bonds. The molecule has 2 aliphatic heterocycles. The molecule has 31 heavy (non-hydrogen) atoms. The first-order valence-corrected chi connectivity index (χ1v) is 10.8. The maximum absolute atomic E-state index is 11.8. The quantitative estimate of drug-likeness (QED) is 0.703. The lowest BCUT2D eigenvalue weighted by molar-refractivity contribution is 0.0526. The Morgan fingerprint density at radius 1 is 1.13 bits per heavy atom. The van der Waals surface area contributed by atoms with Crippen molar-refractivity contribution in [2.24, 2.45) is 0 Å². The lowest BCUT2D eigenvalue weighted by Gasteiger charge is -2.36. The average molecular weight is 428 g/mol. The summed E-state index contributed by atoms with van der Waals surface area (Å²) in [5.74, 6) is 1.94. The van der Waals surface area contributed by atoms with E-state index in [1.54, 1.807) is 19.2 Å². The fraction of sp³-hybridized carbons (Fsp3) is 0.478. The van der Waals surface area contributed by atoms with Crippen molar-refractivity contribution < 1.29 is 24.1 Å². The number of ether oxygens (including phenoxy) is 3. The zero-order chi connectivity index (χ0) is 21.6. The molecule has 1 saturated heterocycles. The molecule has 8 heteroatoms. The number of nitrogens with zero attached hydrogens (tertiary/aromatic N) is 3. The Bertz CT molecular complexity index is 881. The van der Waals surface area contributed by atoms with Gasteiger partial charge in [-0.1, -0.05) is 6.07 Å². The average Bonchev–Trinajstić information content (AvgIpc) is 3.05. The number of esters is 1. The van der Waals surface area contributed by atoms with E-state index < -0.39 is 6.10 Å². The normalized spacial score (nSPS) is 17.7. The molecule has 0 radical (unpaired) electrons. The van der Waals surface area contributed by atoms with E-state index in [0.717, 1.165) is 49.7 Å². The summed E-state index contributed by atoms with van der Waals surface area (Å²) in [6.45, 7) is 7.22. The lowest BCUT2D eigenvalue weighted by atomic mass is 10.1. The third-order valence-electron chi connectivity index (χ3n) is 5.54. The van der Waals surface area contributed by atoms with Crippen molar-refractivity contribution in [1.29, 1.82) is 0 Å². The van der Waals surface area contributed by atoms with Gasteiger partial charge in [0.2, 0.25) is 0 Å². The second-order valence-corrected chi connectivity index (χ2v) is 7.69. The summed E-state index contributed by atoms with van der Waals surface area (Å²) in [5.41, 5.74) is 1.30. The minimum absolute atomic E-state index is 0.348. The summed E-state index contributed by atoms with van der Waals surface area (Å²) in [6.07, 6.45) is 1.83. The summed E-state index contributed by atoms with van der Waals surface area (Å²) in [5, 5.41) is 10.7. The largest absolute Gasteiger partial charge is 0.490 e. The van der Waals surface area contributed by atoms with Gasteiger partial charge in [0.1, 0.15) is 5.82 Å². The lowest BCUT2D eigenvalue weighted by Crippen LogP contribution is -2.47. The number of hydrogen-bond donors (Lipinski definition) is 1. The Kier molecular flexibility index (Phi) is 6.89. The minimum Gasteiger partial charge on any atom is -0.490 e. The van der Waals surface area contributed by atoms with Crippen LogP contribution in [0.4, 0.5) is 5.82 Å². The molecule has 2 aromatic rings. The molecular weight excluding hydrogens is 398 g/mol. The van der Waals surface area contributed by atoms with E-state index in [1.165, 1.54) is 0 Å². The van der Waals surface area contributed by atoms with Crippen LogP contribution < -0.4 is 14.4 Å². The van der Waals surface area contributed by atoms with Gasteiger partial charge in [-0.3, -0.25) is 4.90 Å². The highest BCUT2D eigenvalue weighted by Gasteiger charge is 2.22. The van der Waals surface area contributed by atoms with Crippen LogP contribution in [0.2, 0.25) is 0 Å². The van der Waals surface area contributed by atoms with Gasteiger partial charge in [-0.15, -0.1) is 0 Å². The molecule has 2 aliphatic rings. The number of fused-ring (bicyclic) bond motifs is 1. The predicted octanol–water partition coefficient (Wildman–Crippen LogP) is 2.28. The molecule has 0 aliphatic carbocycles. The zero-order valence-electron chi connectivity index (χ0n) is 17.8. The van der Waals surface area contributed by atoms with Gasteiger partial charge in [-0.25, -0.2) is 9.78 Å². The maximum Gasteiger partial charge on any atom is 0.339 e. The molecular formula is C23H29N3O5. The standard InChI is InChI=1S/C23H29N3O5/c1-2-29-23(28)18-5-7-22(24-15-18)26-10-8-25(9-11-26)16-19(27)17-4-6-20-21(14-17)31-13-3-12-30-20/h4-7,14-15,19,27H,2-3,8-13,16H2,1H3.